The molecule has 0 atom stereocenters. The summed E-state index contributed by atoms with van der Waals surface area (Å²) in [6, 6.07) is 73.8. The summed E-state index contributed by atoms with van der Waals surface area (Å²) in [5.41, 5.74) is 15.7. The lowest BCUT2D eigenvalue weighted by atomic mass is 9.99. The summed E-state index contributed by atoms with van der Waals surface area (Å²) in [5.74, 6) is 0.841. The van der Waals surface area contributed by atoms with Gasteiger partial charge < -0.3 is 27.5 Å². The van der Waals surface area contributed by atoms with Crippen molar-refractivity contribution in [2.24, 2.45) is 0 Å². The maximum Gasteiger partial charge on any atom is 0.138 e. The van der Waals surface area contributed by atoms with Crippen molar-refractivity contribution in [3.8, 4) is 0 Å². The smallest absolute Gasteiger partial charge is 0.138 e. The summed E-state index contributed by atoms with van der Waals surface area (Å²) in [7, 11) is 0. The Bertz CT molecular complexity index is 4740. The zero-order valence-electron chi connectivity index (χ0n) is 41.3. The second-order valence-corrected chi connectivity index (χ2v) is 20.5. The third kappa shape index (κ3) is 6.57. The van der Waals surface area contributed by atoms with Crippen LogP contribution in [0.25, 0.3) is 109 Å². The van der Waals surface area contributed by atoms with Crippen LogP contribution in [-0.2, 0) is 0 Å². The van der Waals surface area contributed by atoms with E-state index in [1.165, 1.54) is 11.1 Å². The summed E-state index contributed by atoms with van der Waals surface area (Å²) < 4.78 is 26.4. The summed E-state index contributed by atoms with van der Waals surface area (Å²) in [4.78, 5) is 4.70. The molecular weight excluding hydrogens is 909 g/mol. The summed E-state index contributed by atoms with van der Waals surface area (Å²) in [6.07, 6.45) is 0. The molecule has 0 unspecified atom stereocenters. The molecule has 0 aliphatic heterocycles. The number of rotatable bonds is 8. The van der Waals surface area contributed by atoms with Crippen molar-refractivity contribution in [1.29, 1.82) is 0 Å². The molecule has 6 heteroatoms. The molecule has 0 spiro atoms. The predicted molar refractivity (Wildman–Crippen MR) is 308 cm³/mol. The van der Waals surface area contributed by atoms with Crippen LogP contribution >= 0.6 is 0 Å². The zero-order valence-corrected chi connectivity index (χ0v) is 41.3. The van der Waals surface area contributed by atoms with Gasteiger partial charge in [-0.25, -0.2) is 0 Å². The highest BCUT2D eigenvalue weighted by Crippen LogP contribution is 2.48. The summed E-state index contributed by atoms with van der Waals surface area (Å²) in [6.45, 7) is 8.94. The first-order chi connectivity index (χ1) is 36.3. The van der Waals surface area contributed by atoms with Crippen LogP contribution in [0, 0.1) is 0 Å². The highest BCUT2D eigenvalue weighted by Gasteiger charge is 2.24. The number of furan rings is 4. The van der Waals surface area contributed by atoms with Gasteiger partial charge in [0.15, 0.2) is 0 Å². The predicted octanol–water partition coefficient (Wildman–Crippen LogP) is 20.8. The molecule has 0 saturated heterocycles. The van der Waals surface area contributed by atoms with Crippen molar-refractivity contribution in [2.45, 2.75) is 39.5 Å². The SMILES string of the molecule is CC(C)c1ccc(N(c2ccc3cc4c(cc3c2)oc2cc3c(cc24)oc2cc(N(c4ccc(C(C)C)cc4)c4ccc5oc6ccccc6c5c4)c4ccccc4c23)c2ccc3oc4ccccc4c3c2)cc1. The first-order valence-corrected chi connectivity index (χ1v) is 25.6. The van der Waals surface area contributed by atoms with E-state index in [2.05, 4.69) is 219 Å². The fraction of sp³-hybridized carbons (Fsp3) is 0.0882. The second-order valence-electron chi connectivity index (χ2n) is 20.5. The van der Waals surface area contributed by atoms with E-state index in [9.17, 15) is 0 Å². The van der Waals surface area contributed by atoms with Gasteiger partial charge in [-0.05, 0) is 148 Å². The molecule has 4 aromatic heterocycles. The van der Waals surface area contributed by atoms with Gasteiger partial charge in [-0.3, -0.25) is 0 Å². The molecule has 0 N–H and O–H groups in total. The van der Waals surface area contributed by atoms with Crippen molar-refractivity contribution >= 4 is 143 Å². The number of fused-ring (bicyclic) bond motifs is 15. The number of anilines is 6. The van der Waals surface area contributed by atoms with Crippen molar-refractivity contribution in [3.63, 3.8) is 0 Å². The van der Waals surface area contributed by atoms with Crippen molar-refractivity contribution in [1.82, 2.24) is 0 Å². The zero-order chi connectivity index (χ0) is 49.3. The highest BCUT2D eigenvalue weighted by atomic mass is 16.3. The molecule has 354 valence electrons. The van der Waals surface area contributed by atoms with Gasteiger partial charge in [-0.15, -0.1) is 0 Å². The first kappa shape index (κ1) is 42.4. The van der Waals surface area contributed by atoms with Gasteiger partial charge >= 0.3 is 0 Å². The first-order valence-electron chi connectivity index (χ1n) is 25.6. The van der Waals surface area contributed by atoms with Crippen LogP contribution in [0.3, 0.4) is 0 Å². The van der Waals surface area contributed by atoms with Gasteiger partial charge in [0.1, 0.15) is 44.7 Å². The largest absolute Gasteiger partial charge is 0.456 e. The third-order valence-corrected chi connectivity index (χ3v) is 15.4. The Kier molecular flexibility index (Phi) is 9.24. The normalized spacial score (nSPS) is 12.3. The molecule has 0 fully saturated rings. The minimum absolute atomic E-state index is 0.411. The van der Waals surface area contributed by atoms with Crippen molar-refractivity contribution < 1.29 is 17.7 Å². The molecular formula is C68H48N2O4. The molecule has 74 heavy (non-hydrogen) atoms. The Morgan fingerprint density at radius 1 is 0.270 bits per heavy atom. The molecule has 0 amide bonds. The number of hydrogen-bond acceptors (Lipinski definition) is 6. The molecule has 0 bridgehead atoms. The molecule has 0 radical (unpaired) electrons. The van der Waals surface area contributed by atoms with Crippen LogP contribution in [-0.4, -0.2) is 0 Å². The molecule has 0 saturated carbocycles. The lowest BCUT2D eigenvalue weighted by Gasteiger charge is -2.27. The van der Waals surface area contributed by atoms with E-state index in [0.29, 0.717) is 11.8 Å². The van der Waals surface area contributed by atoms with Crippen molar-refractivity contribution in [2.75, 3.05) is 9.80 Å². The van der Waals surface area contributed by atoms with Gasteiger partial charge in [0.05, 0.1) is 5.69 Å². The maximum atomic E-state index is 7.00. The Hall–Kier alpha value is -9.26. The monoisotopic (exact) mass is 956 g/mol. The van der Waals surface area contributed by atoms with E-state index in [-0.39, 0.29) is 0 Å². The molecule has 15 rings (SSSR count). The number of benzene rings is 11. The third-order valence-electron chi connectivity index (χ3n) is 15.4. The Labute approximate surface area is 425 Å². The van der Waals surface area contributed by atoms with Gasteiger partial charge in [0, 0.05) is 83.0 Å². The molecule has 15 aromatic rings. The second kappa shape index (κ2) is 16.1. The average molecular weight is 957 g/mol. The lowest BCUT2D eigenvalue weighted by molar-refractivity contribution is 0.664. The van der Waals surface area contributed by atoms with Gasteiger partial charge in [0.25, 0.3) is 0 Å². The fourth-order valence-corrected chi connectivity index (χ4v) is 11.5. The quantitative estimate of drug-likeness (QED) is 0.151. The van der Waals surface area contributed by atoms with Crippen LogP contribution in [0.4, 0.5) is 34.1 Å². The number of para-hydroxylation sites is 2. The van der Waals surface area contributed by atoms with Crippen LogP contribution in [0.2, 0.25) is 0 Å². The van der Waals surface area contributed by atoms with Crippen LogP contribution in [0.15, 0.2) is 224 Å². The molecule has 6 nitrogen and oxygen atoms in total. The number of hydrogen-bond donors (Lipinski definition) is 0. The Morgan fingerprint density at radius 2 is 0.703 bits per heavy atom. The molecule has 0 aliphatic carbocycles. The van der Waals surface area contributed by atoms with E-state index in [1.807, 2.05) is 24.3 Å². The maximum absolute atomic E-state index is 7.00. The van der Waals surface area contributed by atoms with Gasteiger partial charge in [-0.1, -0.05) is 119 Å². The van der Waals surface area contributed by atoms with E-state index < -0.39 is 0 Å². The van der Waals surface area contributed by atoms with Gasteiger partial charge in [0.2, 0.25) is 0 Å². The Morgan fingerprint density at radius 3 is 1.34 bits per heavy atom. The van der Waals surface area contributed by atoms with E-state index in [4.69, 9.17) is 17.7 Å². The molecule has 4 heterocycles. The van der Waals surface area contributed by atoms with E-state index in [1.54, 1.807) is 0 Å². The fourth-order valence-electron chi connectivity index (χ4n) is 11.5. The minimum atomic E-state index is 0.411. The topological polar surface area (TPSA) is 59.0 Å². The summed E-state index contributed by atoms with van der Waals surface area (Å²) >= 11 is 0. The average Bonchev–Trinajstić information content (AvgIpc) is 4.20. The Balaban J connectivity index is 0.872. The van der Waals surface area contributed by atoms with Crippen molar-refractivity contribution in [3.05, 3.63) is 217 Å². The summed E-state index contributed by atoms with van der Waals surface area (Å²) in [5, 5.41) is 12.9. The molecule has 11 aromatic carbocycles. The highest BCUT2D eigenvalue weighted by molar-refractivity contribution is 6.25. The lowest BCUT2D eigenvalue weighted by Crippen LogP contribution is -2.10. The number of nitrogens with zero attached hydrogens (tertiary/aromatic N) is 2. The van der Waals surface area contributed by atoms with E-state index in [0.717, 1.165) is 143 Å². The van der Waals surface area contributed by atoms with Crippen LogP contribution in [0.5, 0.6) is 0 Å². The minimum Gasteiger partial charge on any atom is -0.456 e. The standard InChI is InChI=1S/C68H48N2O4/c1-39(2)41-17-22-45(23-18-41)69(48-27-29-62-55(34-48)51-12-7-9-15-60(51)71-62)47-26-21-43-32-54-57-36-66-58(37-65(57)73-64(54)33-44(43)31-47)68-53-14-6-5-11-50(53)59(38-67(68)74-66)70(46-24-19-42(20-25-46)40(3)4)49-28-30-63-56(35-49)52-13-8-10-16-61(52)72-63/h5-40H,1-4H3. The van der Waals surface area contributed by atoms with E-state index >= 15 is 0 Å². The van der Waals surface area contributed by atoms with Crippen LogP contribution in [0.1, 0.15) is 50.7 Å². The van der Waals surface area contributed by atoms with Crippen LogP contribution < -0.4 is 9.80 Å². The molecule has 0 aliphatic rings. The van der Waals surface area contributed by atoms with Gasteiger partial charge in [-0.2, -0.15) is 0 Å².